The topological polar surface area (TPSA) is 93.4 Å². The highest BCUT2D eigenvalue weighted by Crippen LogP contribution is 2.23. The zero-order valence-corrected chi connectivity index (χ0v) is 19.9. The Morgan fingerprint density at radius 1 is 1.30 bits per heavy atom. The minimum atomic E-state index is -0.433. The van der Waals surface area contributed by atoms with Crippen LogP contribution in [0.25, 0.3) is 0 Å². The van der Waals surface area contributed by atoms with E-state index in [9.17, 15) is 4.79 Å². The van der Waals surface area contributed by atoms with Crippen LogP contribution in [0.15, 0.2) is 71.4 Å². The van der Waals surface area contributed by atoms with Crippen molar-refractivity contribution in [1.29, 1.82) is 0 Å². The average Bonchev–Trinajstić information content (AvgIpc) is 3.20. The number of hydrogen-bond acceptors (Lipinski definition) is 7. The van der Waals surface area contributed by atoms with Gasteiger partial charge in [-0.05, 0) is 48.9 Å². The molecule has 0 saturated heterocycles. The normalized spacial score (nSPS) is 11.8. The number of carbonyl (C=O) groups is 1. The Kier molecular flexibility index (Phi) is 8.91. The largest absolute Gasteiger partial charge is 0.497 e. The summed E-state index contributed by atoms with van der Waals surface area (Å²) in [6.45, 7) is 6.59. The molecule has 0 spiro atoms. The number of amides is 1. The summed E-state index contributed by atoms with van der Waals surface area (Å²) in [6, 6.07) is 14.8. The van der Waals surface area contributed by atoms with Crippen molar-refractivity contribution in [1.82, 2.24) is 20.2 Å². The van der Waals surface area contributed by atoms with Gasteiger partial charge in [0.2, 0.25) is 0 Å². The first-order valence-corrected chi connectivity index (χ1v) is 11.4. The second-order valence-corrected chi connectivity index (χ2v) is 8.67. The molecule has 0 aliphatic heterocycles. The molecule has 33 heavy (non-hydrogen) atoms. The van der Waals surface area contributed by atoms with Crippen LogP contribution in [0.3, 0.4) is 0 Å². The van der Waals surface area contributed by atoms with Gasteiger partial charge in [0.05, 0.1) is 25.1 Å². The lowest BCUT2D eigenvalue weighted by Gasteiger charge is -2.12. The summed E-state index contributed by atoms with van der Waals surface area (Å²) >= 11 is 7.24. The quantitative estimate of drug-likeness (QED) is 0.182. The molecule has 0 saturated carbocycles. The Morgan fingerprint density at radius 3 is 2.82 bits per heavy atom. The zero-order chi connectivity index (χ0) is 23.6. The van der Waals surface area contributed by atoms with Crippen LogP contribution in [0.1, 0.15) is 18.3 Å². The third-order valence-corrected chi connectivity index (χ3v) is 5.87. The minimum absolute atomic E-state index is 0.242. The van der Waals surface area contributed by atoms with Gasteiger partial charge in [0, 0.05) is 17.3 Å². The van der Waals surface area contributed by atoms with E-state index in [4.69, 9.17) is 16.3 Å². The van der Waals surface area contributed by atoms with Crippen molar-refractivity contribution >= 4 is 41.2 Å². The van der Waals surface area contributed by atoms with Crippen molar-refractivity contribution < 1.29 is 9.53 Å². The van der Waals surface area contributed by atoms with E-state index < -0.39 is 5.25 Å². The van der Waals surface area contributed by atoms with E-state index in [1.54, 1.807) is 26.3 Å². The van der Waals surface area contributed by atoms with Crippen molar-refractivity contribution in [3.63, 3.8) is 0 Å². The highest BCUT2D eigenvalue weighted by atomic mass is 35.5. The van der Waals surface area contributed by atoms with Crippen LogP contribution in [-0.4, -0.2) is 39.2 Å². The maximum absolute atomic E-state index is 12.5. The highest BCUT2D eigenvalue weighted by Gasteiger charge is 2.19. The van der Waals surface area contributed by atoms with Crippen molar-refractivity contribution in [2.45, 2.75) is 30.4 Å². The third-order valence-electron chi connectivity index (χ3n) is 4.53. The van der Waals surface area contributed by atoms with Gasteiger partial charge in [0.15, 0.2) is 11.0 Å². The molecule has 172 valence electrons. The number of anilines is 1. The summed E-state index contributed by atoms with van der Waals surface area (Å²) in [5, 5.41) is 16.8. The van der Waals surface area contributed by atoms with Gasteiger partial charge in [0.25, 0.3) is 5.91 Å². The third kappa shape index (κ3) is 7.10. The lowest BCUT2D eigenvalue weighted by Crippen LogP contribution is -2.27. The summed E-state index contributed by atoms with van der Waals surface area (Å²) in [6.07, 6.45) is 3.33. The summed E-state index contributed by atoms with van der Waals surface area (Å²) in [5.74, 6) is 1.21. The standard InChI is InChI=1S/C23H25ClN6O2S/c1-4-12-30-21(15-25-19-10-8-18(24)9-11-19)27-29-23(30)33-16(2)22(31)28-26-14-17-6-5-7-20(13-17)32-3/h4-11,13-14,16,25H,1,12,15H2,2-3H3,(H,28,31). The molecule has 3 aromatic rings. The molecular weight excluding hydrogens is 460 g/mol. The number of benzene rings is 2. The fraction of sp³-hybridized carbons (Fsp3) is 0.217. The van der Waals surface area contributed by atoms with E-state index in [2.05, 4.69) is 32.6 Å². The first-order valence-electron chi connectivity index (χ1n) is 10.2. The molecule has 2 N–H and O–H groups in total. The molecule has 2 aromatic carbocycles. The van der Waals surface area contributed by atoms with Gasteiger partial charge in [-0.2, -0.15) is 5.10 Å². The Hall–Kier alpha value is -3.30. The Balaban J connectivity index is 1.60. The van der Waals surface area contributed by atoms with Gasteiger partial charge in [-0.3, -0.25) is 4.79 Å². The first kappa shape index (κ1) is 24.3. The van der Waals surface area contributed by atoms with Crippen molar-refractivity contribution in [3.05, 3.63) is 77.6 Å². The molecule has 1 aromatic heterocycles. The molecule has 10 heteroatoms. The number of ether oxygens (including phenoxy) is 1. The number of aromatic nitrogens is 3. The maximum atomic E-state index is 12.5. The number of methoxy groups -OCH3 is 1. The summed E-state index contributed by atoms with van der Waals surface area (Å²) in [4.78, 5) is 12.5. The van der Waals surface area contributed by atoms with Crippen LogP contribution in [-0.2, 0) is 17.9 Å². The molecule has 8 nitrogen and oxygen atoms in total. The zero-order valence-electron chi connectivity index (χ0n) is 18.4. The number of carbonyl (C=O) groups excluding carboxylic acids is 1. The Morgan fingerprint density at radius 2 is 2.09 bits per heavy atom. The molecule has 3 rings (SSSR count). The lowest BCUT2D eigenvalue weighted by atomic mass is 10.2. The monoisotopic (exact) mass is 484 g/mol. The first-order chi connectivity index (χ1) is 16.0. The molecule has 0 aliphatic carbocycles. The van der Waals surface area contributed by atoms with Gasteiger partial charge >= 0.3 is 0 Å². The summed E-state index contributed by atoms with van der Waals surface area (Å²) < 4.78 is 7.10. The van der Waals surface area contributed by atoms with Crippen LogP contribution in [0.5, 0.6) is 5.75 Å². The number of thioether (sulfide) groups is 1. The Labute approximate surface area is 202 Å². The average molecular weight is 485 g/mol. The van der Waals surface area contributed by atoms with Crippen molar-refractivity contribution in [3.8, 4) is 5.75 Å². The van der Waals surface area contributed by atoms with Crippen molar-refractivity contribution in [2.24, 2.45) is 5.10 Å². The number of hydrazone groups is 1. The van der Waals surface area contributed by atoms with E-state index in [0.717, 1.165) is 22.8 Å². The lowest BCUT2D eigenvalue weighted by molar-refractivity contribution is -0.120. The van der Waals surface area contributed by atoms with E-state index >= 15 is 0 Å². The second kappa shape index (κ2) is 12.1. The van der Waals surface area contributed by atoms with Crippen LogP contribution in [0, 0.1) is 0 Å². The Bertz CT molecular complexity index is 1120. The van der Waals surface area contributed by atoms with Crippen molar-refractivity contribution in [2.75, 3.05) is 12.4 Å². The molecule has 0 radical (unpaired) electrons. The van der Waals surface area contributed by atoms with Crippen LogP contribution in [0.2, 0.25) is 5.02 Å². The number of rotatable bonds is 11. The molecule has 1 amide bonds. The van der Waals surface area contributed by atoms with E-state index in [-0.39, 0.29) is 5.91 Å². The van der Waals surface area contributed by atoms with Crippen LogP contribution >= 0.6 is 23.4 Å². The van der Waals surface area contributed by atoms with E-state index in [1.807, 2.05) is 53.1 Å². The number of nitrogens with zero attached hydrogens (tertiary/aromatic N) is 4. The number of hydrogen-bond donors (Lipinski definition) is 2. The van der Waals surface area contributed by atoms with Crippen LogP contribution in [0.4, 0.5) is 5.69 Å². The predicted molar refractivity (Wildman–Crippen MR) is 133 cm³/mol. The molecular formula is C23H25ClN6O2S. The van der Waals surface area contributed by atoms with Gasteiger partial charge in [0.1, 0.15) is 5.75 Å². The van der Waals surface area contributed by atoms with Gasteiger partial charge < -0.3 is 14.6 Å². The molecule has 0 aliphatic rings. The van der Waals surface area contributed by atoms with E-state index in [1.165, 1.54) is 11.8 Å². The molecule has 1 heterocycles. The minimum Gasteiger partial charge on any atom is -0.497 e. The SMILES string of the molecule is C=CCn1c(CNc2ccc(Cl)cc2)nnc1SC(C)C(=O)NN=Cc1cccc(OC)c1. The van der Waals surface area contributed by atoms with E-state index in [0.29, 0.717) is 23.3 Å². The molecule has 1 atom stereocenters. The summed E-state index contributed by atoms with van der Waals surface area (Å²) in [5.41, 5.74) is 4.30. The fourth-order valence-electron chi connectivity index (χ4n) is 2.79. The number of halogens is 1. The highest BCUT2D eigenvalue weighted by molar-refractivity contribution is 8.00. The number of nitrogens with one attached hydrogen (secondary N) is 2. The molecule has 0 fully saturated rings. The molecule has 0 bridgehead atoms. The summed E-state index contributed by atoms with van der Waals surface area (Å²) in [7, 11) is 1.60. The maximum Gasteiger partial charge on any atom is 0.253 e. The van der Waals surface area contributed by atoms with Gasteiger partial charge in [-0.15, -0.1) is 16.8 Å². The fourth-order valence-corrected chi connectivity index (χ4v) is 3.79. The predicted octanol–water partition coefficient (Wildman–Crippen LogP) is 4.37. The second-order valence-electron chi connectivity index (χ2n) is 6.93. The number of allylic oxidation sites excluding steroid dienone is 1. The molecule has 1 unspecified atom stereocenters. The smallest absolute Gasteiger partial charge is 0.253 e. The van der Waals surface area contributed by atoms with Gasteiger partial charge in [-0.25, -0.2) is 5.43 Å². The van der Waals surface area contributed by atoms with Gasteiger partial charge in [-0.1, -0.05) is 41.6 Å². The van der Waals surface area contributed by atoms with Crippen LogP contribution < -0.4 is 15.5 Å².